The predicted molar refractivity (Wildman–Crippen MR) is 68.2 cm³/mol. The van der Waals surface area contributed by atoms with Crippen molar-refractivity contribution < 1.29 is 4.74 Å². The number of hydrogen-bond donors (Lipinski definition) is 1. The molecule has 1 heterocycles. The minimum atomic E-state index is 0.484. The van der Waals surface area contributed by atoms with Crippen LogP contribution in [0.4, 0.5) is 0 Å². The van der Waals surface area contributed by atoms with Crippen molar-refractivity contribution in [3.8, 4) is 17.7 Å². The number of hydrogen-bond acceptors (Lipinski definition) is 4. The summed E-state index contributed by atoms with van der Waals surface area (Å²) in [5, 5.41) is 11.8. The van der Waals surface area contributed by atoms with Gasteiger partial charge in [0.2, 0.25) is 5.88 Å². The Bertz CT molecular complexity index is 558. The minimum Gasteiger partial charge on any atom is -0.439 e. The average Bonchev–Trinajstić information content (AvgIpc) is 2.42. The fourth-order valence-corrected chi connectivity index (χ4v) is 1.56. The van der Waals surface area contributed by atoms with Crippen LogP contribution in [0.3, 0.4) is 0 Å². The SMILES string of the molecule is CNCc1ccccc1Oc1ccc(C#N)cn1. The maximum atomic E-state index is 8.69. The molecular weight excluding hydrogens is 226 g/mol. The topological polar surface area (TPSA) is 57.9 Å². The Hall–Kier alpha value is -2.38. The van der Waals surface area contributed by atoms with Crippen molar-refractivity contribution in [2.24, 2.45) is 0 Å². The Kier molecular flexibility index (Phi) is 3.90. The normalized spacial score (nSPS) is 9.78. The lowest BCUT2D eigenvalue weighted by Crippen LogP contribution is -2.06. The highest BCUT2D eigenvalue weighted by molar-refractivity contribution is 5.37. The van der Waals surface area contributed by atoms with Gasteiger partial charge in [0.25, 0.3) is 0 Å². The molecule has 0 aliphatic heterocycles. The molecule has 0 unspecified atom stereocenters. The highest BCUT2D eigenvalue weighted by atomic mass is 16.5. The van der Waals surface area contributed by atoms with Crippen LogP contribution in [-0.4, -0.2) is 12.0 Å². The second-order valence-corrected chi connectivity index (χ2v) is 3.74. The van der Waals surface area contributed by atoms with E-state index in [1.165, 1.54) is 6.20 Å². The van der Waals surface area contributed by atoms with Crippen molar-refractivity contribution in [1.29, 1.82) is 5.26 Å². The van der Waals surface area contributed by atoms with Gasteiger partial charge in [0, 0.05) is 24.4 Å². The molecule has 0 atom stereocenters. The van der Waals surface area contributed by atoms with Crippen molar-refractivity contribution in [3.63, 3.8) is 0 Å². The number of nitrogens with zero attached hydrogens (tertiary/aromatic N) is 2. The third-order valence-electron chi connectivity index (χ3n) is 2.42. The van der Waals surface area contributed by atoms with Crippen LogP contribution in [0.5, 0.6) is 11.6 Å². The van der Waals surface area contributed by atoms with E-state index in [9.17, 15) is 0 Å². The number of nitriles is 1. The van der Waals surface area contributed by atoms with E-state index in [0.717, 1.165) is 17.9 Å². The Morgan fingerprint density at radius 3 is 2.78 bits per heavy atom. The first-order valence-corrected chi connectivity index (χ1v) is 5.60. The number of rotatable bonds is 4. The lowest BCUT2D eigenvalue weighted by Gasteiger charge is -2.09. The molecule has 1 aromatic carbocycles. The first-order valence-electron chi connectivity index (χ1n) is 5.60. The van der Waals surface area contributed by atoms with Gasteiger partial charge in [-0.25, -0.2) is 4.98 Å². The molecular formula is C14H13N3O. The van der Waals surface area contributed by atoms with Crippen molar-refractivity contribution in [1.82, 2.24) is 10.3 Å². The Balaban J connectivity index is 2.20. The second-order valence-electron chi connectivity index (χ2n) is 3.74. The number of pyridine rings is 1. The summed E-state index contributed by atoms with van der Waals surface area (Å²) in [6.45, 7) is 0.729. The van der Waals surface area contributed by atoms with E-state index in [0.29, 0.717) is 11.4 Å². The van der Waals surface area contributed by atoms with Gasteiger partial charge < -0.3 is 10.1 Å². The molecule has 90 valence electrons. The highest BCUT2D eigenvalue weighted by Crippen LogP contribution is 2.23. The molecule has 4 heteroatoms. The van der Waals surface area contributed by atoms with E-state index in [2.05, 4.69) is 10.3 Å². The van der Waals surface area contributed by atoms with E-state index in [-0.39, 0.29) is 0 Å². The summed E-state index contributed by atoms with van der Waals surface area (Å²) in [6, 6.07) is 13.2. The van der Waals surface area contributed by atoms with Crippen LogP contribution in [-0.2, 0) is 6.54 Å². The lowest BCUT2D eigenvalue weighted by molar-refractivity contribution is 0.455. The van der Waals surface area contributed by atoms with E-state index >= 15 is 0 Å². The predicted octanol–water partition coefficient (Wildman–Crippen LogP) is 2.46. The molecule has 0 saturated heterocycles. The summed E-state index contributed by atoms with van der Waals surface area (Å²) in [5.74, 6) is 1.25. The zero-order valence-corrected chi connectivity index (χ0v) is 10.1. The third kappa shape index (κ3) is 2.84. The number of benzene rings is 1. The fraction of sp³-hybridized carbons (Fsp3) is 0.143. The van der Waals surface area contributed by atoms with E-state index in [1.54, 1.807) is 12.1 Å². The molecule has 4 nitrogen and oxygen atoms in total. The lowest BCUT2D eigenvalue weighted by atomic mass is 10.2. The van der Waals surface area contributed by atoms with Crippen LogP contribution in [0.2, 0.25) is 0 Å². The summed E-state index contributed by atoms with van der Waals surface area (Å²) < 4.78 is 5.70. The number of aromatic nitrogens is 1. The summed E-state index contributed by atoms with van der Waals surface area (Å²) in [7, 11) is 1.89. The molecule has 0 aliphatic carbocycles. The Morgan fingerprint density at radius 1 is 1.28 bits per heavy atom. The van der Waals surface area contributed by atoms with Crippen molar-refractivity contribution in [2.75, 3.05) is 7.05 Å². The van der Waals surface area contributed by atoms with Crippen LogP contribution >= 0.6 is 0 Å². The number of ether oxygens (including phenoxy) is 1. The quantitative estimate of drug-likeness (QED) is 0.890. The van der Waals surface area contributed by atoms with Crippen LogP contribution in [0.25, 0.3) is 0 Å². The largest absolute Gasteiger partial charge is 0.439 e. The van der Waals surface area contributed by atoms with Crippen LogP contribution < -0.4 is 10.1 Å². The summed E-state index contributed by atoms with van der Waals surface area (Å²) in [6.07, 6.45) is 1.50. The van der Waals surface area contributed by atoms with Crippen molar-refractivity contribution >= 4 is 0 Å². The highest BCUT2D eigenvalue weighted by Gasteiger charge is 2.04. The van der Waals surface area contributed by atoms with Gasteiger partial charge >= 0.3 is 0 Å². The smallest absolute Gasteiger partial charge is 0.219 e. The summed E-state index contributed by atoms with van der Waals surface area (Å²) >= 11 is 0. The Labute approximate surface area is 106 Å². The summed E-state index contributed by atoms with van der Waals surface area (Å²) in [4.78, 5) is 4.08. The molecule has 1 N–H and O–H groups in total. The van der Waals surface area contributed by atoms with Gasteiger partial charge in [0.1, 0.15) is 11.8 Å². The van der Waals surface area contributed by atoms with Gasteiger partial charge in [-0.1, -0.05) is 18.2 Å². The first-order chi connectivity index (χ1) is 8.83. The number of para-hydroxylation sites is 1. The zero-order valence-electron chi connectivity index (χ0n) is 10.1. The fourth-order valence-electron chi connectivity index (χ4n) is 1.56. The van der Waals surface area contributed by atoms with Gasteiger partial charge in [-0.3, -0.25) is 0 Å². The van der Waals surface area contributed by atoms with Gasteiger partial charge in [-0.2, -0.15) is 5.26 Å². The molecule has 0 amide bonds. The molecule has 1 aromatic heterocycles. The van der Waals surface area contributed by atoms with Crippen LogP contribution in [0.1, 0.15) is 11.1 Å². The van der Waals surface area contributed by atoms with Crippen molar-refractivity contribution in [2.45, 2.75) is 6.54 Å². The molecule has 18 heavy (non-hydrogen) atoms. The van der Waals surface area contributed by atoms with Crippen LogP contribution in [0, 0.1) is 11.3 Å². The standard InChI is InChI=1S/C14H13N3O/c1-16-10-12-4-2-3-5-13(12)18-14-7-6-11(8-15)9-17-14/h2-7,9,16H,10H2,1H3. The second kappa shape index (κ2) is 5.80. The van der Waals surface area contributed by atoms with E-state index < -0.39 is 0 Å². The molecule has 0 saturated carbocycles. The monoisotopic (exact) mass is 239 g/mol. The summed E-state index contributed by atoms with van der Waals surface area (Å²) in [5.41, 5.74) is 1.58. The molecule has 0 spiro atoms. The molecule has 0 aliphatic rings. The molecule has 0 fully saturated rings. The zero-order chi connectivity index (χ0) is 12.8. The van der Waals surface area contributed by atoms with Gasteiger partial charge in [-0.15, -0.1) is 0 Å². The van der Waals surface area contributed by atoms with Gasteiger partial charge in [0.05, 0.1) is 5.56 Å². The minimum absolute atomic E-state index is 0.484. The van der Waals surface area contributed by atoms with E-state index in [4.69, 9.17) is 10.00 Å². The van der Waals surface area contributed by atoms with Crippen molar-refractivity contribution in [3.05, 3.63) is 53.7 Å². The molecule has 0 bridgehead atoms. The molecule has 2 aromatic rings. The van der Waals surface area contributed by atoms with Gasteiger partial charge in [0.15, 0.2) is 0 Å². The first kappa shape index (κ1) is 12.1. The average molecular weight is 239 g/mol. The van der Waals surface area contributed by atoms with E-state index in [1.807, 2.05) is 37.4 Å². The maximum Gasteiger partial charge on any atom is 0.219 e. The maximum absolute atomic E-state index is 8.69. The molecule has 2 rings (SSSR count). The third-order valence-corrected chi connectivity index (χ3v) is 2.42. The number of nitrogens with one attached hydrogen (secondary N) is 1. The van der Waals surface area contributed by atoms with Gasteiger partial charge in [-0.05, 0) is 19.2 Å². The Morgan fingerprint density at radius 2 is 2.11 bits per heavy atom. The van der Waals surface area contributed by atoms with Crippen LogP contribution in [0.15, 0.2) is 42.6 Å². The molecule has 0 radical (unpaired) electrons.